The van der Waals surface area contributed by atoms with Crippen LogP contribution in [-0.2, 0) is 19.7 Å². The van der Waals surface area contributed by atoms with Gasteiger partial charge in [0, 0.05) is 30.3 Å². The van der Waals surface area contributed by atoms with Gasteiger partial charge in [0.25, 0.3) is 10.2 Å². The molecule has 0 unspecified atom stereocenters. The lowest BCUT2D eigenvalue weighted by molar-refractivity contribution is 0.00794. The normalized spacial score (nSPS) is 23.0. The van der Waals surface area contributed by atoms with Gasteiger partial charge in [0.2, 0.25) is 0 Å². The molecule has 13 heteroatoms. The van der Waals surface area contributed by atoms with Gasteiger partial charge in [-0.25, -0.2) is 14.1 Å². The van der Waals surface area contributed by atoms with Gasteiger partial charge in [-0.1, -0.05) is 24.3 Å². The molecule has 2 aliphatic heterocycles. The molecule has 3 aromatic heterocycles. The van der Waals surface area contributed by atoms with E-state index in [9.17, 15) is 13.5 Å². The van der Waals surface area contributed by atoms with Crippen LogP contribution in [-0.4, -0.2) is 73.2 Å². The van der Waals surface area contributed by atoms with Crippen LogP contribution in [0.25, 0.3) is 33.5 Å². The second-order valence-electron chi connectivity index (χ2n) is 9.02. The van der Waals surface area contributed by atoms with Crippen LogP contribution < -0.4 is 14.2 Å². The minimum absolute atomic E-state index is 0.186. The molecule has 0 amide bonds. The minimum atomic E-state index is -3.63. The van der Waals surface area contributed by atoms with Crippen LogP contribution in [0, 0.1) is 5.82 Å². The lowest BCUT2D eigenvalue weighted by Gasteiger charge is -2.16. The van der Waals surface area contributed by atoms with E-state index in [0.29, 0.717) is 33.9 Å². The van der Waals surface area contributed by atoms with Gasteiger partial charge in [-0.3, -0.25) is 9.71 Å². The van der Waals surface area contributed by atoms with Crippen molar-refractivity contribution in [3.05, 3.63) is 60.5 Å². The van der Waals surface area contributed by atoms with Crippen LogP contribution in [0.4, 0.5) is 10.1 Å². The van der Waals surface area contributed by atoms with E-state index in [2.05, 4.69) is 24.4 Å². The summed E-state index contributed by atoms with van der Waals surface area (Å²) in [6.45, 7) is 0.487. The maximum Gasteiger partial charge on any atom is 0.298 e. The third-order valence-electron chi connectivity index (χ3n) is 6.53. The standard InChI is InChI=1S/C25H24FN5O6S/c1-27-38(33,34)31-15-6-7-17(28-10-15)13-2-4-14(5-3-13)23-16(26)8-18-19(30-23)9-22(29-18)37-21-12-36-24-20(32)11-35-25(21)24/h2-10,20-21,24-25,27,29,31-32H,11-12H2,1H3/t20-,21-,24-,25-/m1/s1. The number of aliphatic hydroxyl groups excluding tert-OH is 1. The van der Waals surface area contributed by atoms with Crippen molar-refractivity contribution in [3.8, 4) is 28.4 Å². The molecule has 1 aromatic carbocycles. The van der Waals surface area contributed by atoms with Crippen LogP contribution in [0.5, 0.6) is 5.88 Å². The first-order valence-corrected chi connectivity index (χ1v) is 13.3. The molecule has 2 aliphatic rings. The Morgan fingerprint density at radius 1 is 1.08 bits per heavy atom. The summed E-state index contributed by atoms with van der Waals surface area (Å²) >= 11 is 0. The van der Waals surface area contributed by atoms with Gasteiger partial charge in [-0.2, -0.15) is 8.42 Å². The van der Waals surface area contributed by atoms with Crippen LogP contribution in [0.3, 0.4) is 0 Å². The molecule has 0 saturated carbocycles. The van der Waals surface area contributed by atoms with Gasteiger partial charge in [-0.05, 0) is 12.1 Å². The highest BCUT2D eigenvalue weighted by Crippen LogP contribution is 2.32. The summed E-state index contributed by atoms with van der Waals surface area (Å²) in [5.74, 6) is -0.0883. The Kier molecular flexibility index (Phi) is 6.24. The maximum atomic E-state index is 15.0. The monoisotopic (exact) mass is 541 g/mol. The fourth-order valence-corrected chi connectivity index (χ4v) is 5.14. The summed E-state index contributed by atoms with van der Waals surface area (Å²) in [6, 6.07) is 13.4. The van der Waals surface area contributed by atoms with Crippen molar-refractivity contribution in [2.75, 3.05) is 25.0 Å². The van der Waals surface area contributed by atoms with Crippen molar-refractivity contribution in [3.63, 3.8) is 0 Å². The highest BCUT2D eigenvalue weighted by Gasteiger charge is 2.48. The zero-order chi connectivity index (χ0) is 26.4. The number of hydrogen-bond donors (Lipinski definition) is 4. The van der Waals surface area contributed by atoms with Crippen molar-refractivity contribution in [2.24, 2.45) is 0 Å². The van der Waals surface area contributed by atoms with Gasteiger partial charge >= 0.3 is 0 Å². The lowest BCUT2D eigenvalue weighted by atomic mass is 10.1. The second kappa shape index (κ2) is 9.60. The van der Waals surface area contributed by atoms with Crippen molar-refractivity contribution in [1.29, 1.82) is 0 Å². The van der Waals surface area contributed by atoms with Crippen molar-refractivity contribution < 1.29 is 32.1 Å². The van der Waals surface area contributed by atoms with E-state index in [1.807, 2.05) is 0 Å². The number of aromatic amines is 1. The van der Waals surface area contributed by atoms with E-state index >= 15 is 4.39 Å². The highest BCUT2D eigenvalue weighted by atomic mass is 32.2. The van der Waals surface area contributed by atoms with Gasteiger partial charge in [-0.15, -0.1) is 0 Å². The summed E-state index contributed by atoms with van der Waals surface area (Å²) in [4.78, 5) is 11.8. The largest absolute Gasteiger partial charge is 0.470 e. The molecule has 0 spiro atoms. The molecule has 6 rings (SSSR count). The number of hydrogen-bond acceptors (Lipinski definition) is 8. The summed E-state index contributed by atoms with van der Waals surface area (Å²) in [5.41, 5.74) is 3.50. The Morgan fingerprint density at radius 2 is 1.84 bits per heavy atom. The molecule has 5 heterocycles. The number of aliphatic hydroxyl groups is 1. The predicted molar refractivity (Wildman–Crippen MR) is 136 cm³/mol. The number of nitrogens with zero attached hydrogens (tertiary/aromatic N) is 2. The number of benzene rings is 1. The smallest absolute Gasteiger partial charge is 0.298 e. The van der Waals surface area contributed by atoms with E-state index < -0.39 is 34.3 Å². The number of anilines is 1. The first kappa shape index (κ1) is 24.7. The summed E-state index contributed by atoms with van der Waals surface area (Å²) < 4.78 is 59.9. The fourth-order valence-electron chi connectivity index (χ4n) is 4.61. The summed E-state index contributed by atoms with van der Waals surface area (Å²) in [7, 11) is -2.32. The maximum absolute atomic E-state index is 15.0. The molecular formula is C25H24FN5O6S. The predicted octanol–water partition coefficient (Wildman–Crippen LogP) is 2.21. The van der Waals surface area contributed by atoms with Crippen molar-refractivity contribution in [2.45, 2.75) is 24.4 Å². The number of ether oxygens (including phenoxy) is 3. The number of nitrogens with one attached hydrogen (secondary N) is 3. The van der Waals surface area contributed by atoms with Crippen molar-refractivity contribution in [1.82, 2.24) is 19.7 Å². The average Bonchev–Trinajstić information content (AvgIpc) is 3.60. The van der Waals surface area contributed by atoms with Crippen LogP contribution >= 0.6 is 0 Å². The van der Waals surface area contributed by atoms with E-state index in [-0.39, 0.29) is 25.0 Å². The quantitative estimate of drug-likeness (QED) is 0.278. The molecule has 2 fully saturated rings. The van der Waals surface area contributed by atoms with Crippen LogP contribution in [0.2, 0.25) is 0 Å². The molecule has 198 valence electrons. The van der Waals surface area contributed by atoms with Crippen LogP contribution in [0.1, 0.15) is 0 Å². The molecule has 2 saturated heterocycles. The molecule has 4 N–H and O–H groups in total. The molecule has 4 atom stereocenters. The van der Waals surface area contributed by atoms with E-state index in [4.69, 9.17) is 14.2 Å². The highest BCUT2D eigenvalue weighted by molar-refractivity contribution is 7.90. The molecule has 38 heavy (non-hydrogen) atoms. The third kappa shape index (κ3) is 4.70. The van der Waals surface area contributed by atoms with Crippen molar-refractivity contribution >= 4 is 26.9 Å². The Bertz CT molecular complexity index is 1580. The number of aromatic nitrogens is 3. The molecule has 0 aliphatic carbocycles. The SMILES string of the molecule is CNS(=O)(=O)Nc1ccc(-c2ccc(-c3nc4cc(O[C@@H]5CO[C@H]6[C@@H]5OC[C@H]6O)[nH]c4cc3F)cc2)nc1. The Labute approximate surface area is 217 Å². The zero-order valence-corrected chi connectivity index (χ0v) is 20.9. The molecule has 11 nitrogen and oxygen atoms in total. The number of halogens is 1. The third-order valence-corrected chi connectivity index (χ3v) is 7.57. The molecule has 0 bridgehead atoms. The van der Waals surface area contributed by atoms with Gasteiger partial charge in [0.05, 0.1) is 41.8 Å². The van der Waals surface area contributed by atoms with Gasteiger partial charge < -0.3 is 24.3 Å². The number of pyridine rings is 2. The first-order valence-electron chi connectivity index (χ1n) is 11.8. The topological polar surface area (TPSA) is 148 Å². The number of rotatable bonds is 7. The first-order chi connectivity index (χ1) is 18.3. The lowest BCUT2D eigenvalue weighted by Crippen LogP contribution is -2.34. The minimum Gasteiger partial charge on any atom is -0.470 e. The average molecular weight is 542 g/mol. The van der Waals surface area contributed by atoms with E-state index in [1.54, 1.807) is 42.5 Å². The Morgan fingerprint density at radius 3 is 2.58 bits per heavy atom. The van der Waals surface area contributed by atoms with E-state index in [0.717, 1.165) is 5.56 Å². The van der Waals surface area contributed by atoms with Gasteiger partial charge in [0.1, 0.15) is 24.0 Å². The number of fused-ring (bicyclic) bond motifs is 2. The summed E-state index contributed by atoms with van der Waals surface area (Å²) in [6.07, 6.45) is -0.423. The molecule has 4 aromatic rings. The second-order valence-corrected chi connectivity index (χ2v) is 10.6. The zero-order valence-electron chi connectivity index (χ0n) is 20.1. The Hall–Kier alpha value is -3.62. The van der Waals surface area contributed by atoms with Gasteiger partial charge in [0.15, 0.2) is 17.8 Å². The fraction of sp³-hybridized carbons (Fsp3) is 0.280. The summed E-state index contributed by atoms with van der Waals surface area (Å²) in [5, 5.41) is 9.91. The van der Waals surface area contributed by atoms with E-state index in [1.165, 1.54) is 19.3 Å². The molecular weight excluding hydrogens is 517 g/mol. The number of H-pyrrole nitrogens is 1. The van der Waals surface area contributed by atoms with Crippen LogP contribution in [0.15, 0.2) is 54.7 Å². The molecule has 0 radical (unpaired) electrons. The Balaban J connectivity index is 1.19.